The predicted octanol–water partition coefficient (Wildman–Crippen LogP) is -5.82. The summed E-state index contributed by atoms with van der Waals surface area (Å²) in [5.74, 6) is 0. The molecule has 0 saturated carbocycles. The van der Waals surface area contributed by atoms with E-state index < -0.39 is 7.82 Å². The maximum absolute atomic E-state index is 8.55. The van der Waals surface area contributed by atoms with E-state index in [4.69, 9.17) is 19.2 Å². The average molecular weight is 186 g/mol. The summed E-state index contributed by atoms with van der Waals surface area (Å²) in [5, 5.41) is 0. The quantitative estimate of drug-likeness (QED) is 0.278. The third kappa shape index (κ3) is 62.8. The van der Waals surface area contributed by atoms with Gasteiger partial charge in [0.2, 0.25) is 0 Å². The van der Waals surface area contributed by atoms with Gasteiger partial charge in [-0.15, -0.1) is 0 Å². The molecule has 0 fully saturated rings. The smallest absolute Gasteiger partial charge is 0.822 e. The Bertz CT molecular complexity index is 57.8. The molecule has 35 valence electrons. The number of rotatable bonds is 0. The maximum atomic E-state index is 8.55. The van der Waals surface area contributed by atoms with Crippen LogP contribution in [0.25, 0.3) is 0 Å². The summed E-state index contributed by atoms with van der Waals surface area (Å²) in [6.45, 7) is 0. The Labute approximate surface area is 94.1 Å². The largest absolute Gasteiger partial charge is 3.00 e. The second-order valence-corrected chi connectivity index (χ2v) is 1.34. The molecule has 0 aliphatic carbocycles. The summed E-state index contributed by atoms with van der Waals surface area (Å²) in [6, 6.07) is 0. The minimum absolute atomic E-state index is 0. The Balaban J connectivity index is -0.0000000800. The van der Waals surface area contributed by atoms with Crippen LogP contribution in [-0.2, 0) is 21.9 Å². The molecule has 0 saturated heterocycles. The summed E-state index contributed by atoms with van der Waals surface area (Å²) in [4.78, 5) is 25.6. The van der Waals surface area contributed by atoms with Gasteiger partial charge in [-0.1, -0.05) is 0 Å². The van der Waals surface area contributed by atoms with Crippen LogP contribution in [0.5, 0.6) is 0 Å². The van der Waals surface area contributed by atoms with Gasteiger partial charge in [-0.3, -0.25) is 0 Å². The number of phosphoric acid groups is 1. The summed E-state index contributed by atoms with van der Waals surface area (Å²) >= 11 is 0. The van der Waals surface area contributed by atoms with Crippen molar-refractivity contribution in [2.24, 2.45) is 0 Å². The first-order valence-electron chi connectivity index (χ1n) is 0.730. The van der Waals surface area contributed by atoms with Gasteiger partial charge in [-0.05, 0) is 0 Å². The second-order valence-electron chi connectivity index (χ2n) is 0.447. The van der Waals surface area contributed by atoms with Crippen LogP contribution in [0.1, 0.15) is 0 Å². The van der Waals surface area contributed by atoms with Crippen molar-refractivity contribution >= 4 is 7.82 Å². The Morgan fingerprint density at radius 3 is 1.14 bits per heavy atom. The van der Waals surface area contributed by atoms with Crippen molar-refractivity contribution in [2.45, 2.75) is 0 Å². The van der Waals surface area contributed by atoms with Crippen LogP contribution in [0.2, 0.25) is 0 Å². The summed E-state index contributed by atoms with van der Waals surface area (Å²) in [6.07, 6.45) is 0. The van der Waals surface area contributed by atoms with E-state index in [-0.39, 0.29) is 68.7 Å². The topological polar surface area (TPSA) is 86.2 Å². The molecule has 0 aliphatic rings. The first kappa shape index (κ1) is 16.1. The standard InChI is InChI=1S/Cr.K.H3O4P/c;;1-5(2,3)4/h;;(H3,1,2,3,4)/q+3;+1;/p-3. The van der Waals surface area contributed by atoms with Gasteiger partial charge in [0, 0.05) is 0 Å². The summed E-state index contributed by atoms with van der Waals surface area (Å²) in [5.41, 5.74) is 0. The Hall–Kier alpha value is 2.28. The normalized spacial score (nSPS) is 8.43. The molecule has 0 aromatic carbocycles. The van der Waals surface area contributed by atoms with Crippen molar-refractivity contribution in [3.05, 3.63) is 0 Å². The number of hydrogen-bond donors (Lipinski definition) is 0. The third-order valence-electron chi connectivity index (χ3n) is 0. The van der Waals surface area contributed by atoms with E-state index in [0.717, 1.165) is 0 Å². The first-order valence-corrected chi connectivity index (χ1v) is 2.19. The Morgan fingerprint density at radius 1 is 1.14 bits per heavy atom. The van der Waals surface area contributed by atoms with E-state index in [9.17, 15) is 0 Å². The van der Waals surface area contributed by atoms with Gasteiger partial charge in [0.15, 0.2) is 0 Å². The fraction of sp³-hybridized carbons (Fsp3) is 0. The Kier molecular flexibility index (Phi) is 14.7. The van der Waals surface area contributed by atoms with E-state index in [2.05, 4.69) is 0 Å². The molecule has 0 spiro atoms. The van der Waals surface area contributed by atoms with E-state index in [0.29, 0.717) is 0 Å². The van der Waals surface area contributed by atoms with Gasteiger partial charge in [0.25, 0.3) is 0 Å². The van der Waals surface area contributed by atoms with Crippen LogP contribution in [0.4, 0.5) is 0 Å². The van der Waals surface area contributed by atoms with Gasteiger partial charge >= 0.3 is 68.7 Å². The molecule has 0 atom stereocenters. The molecule has 0 aliphatic heterocycles. The van der Waals surface area contributed by atoms with E-state index in [1.54, 1.807) is 0 Å². The molecule has 0 rings (SSSR count). The van der Waals surface area contributed by atoms with Crippen LogP contribution < -0.4 is 66.1 Å². The van der Waals surface area contributed by atoms with Gasteiger partial charge < -0.3 is 19.2 Å². The van der Waals surface area contributed by atoms with Crippen molar-refractivity contribution in [2.75, 3.05) is 0 Å². The van der Waals surface area contributed by atoms with Crippen LogP contribution in [0.3, 0.4) is 0 Å². The molecule has 4 nitrogen and oxygen atoms in total. The molecule has 7 heteroatoms. The van der Waals surface area contributed by atoms with Crippen molar-refractivity contribution in [3.8, 4) is 0 Å². The monoisotopic (exact) mass is 186 g/mol. The zero-order valence-corrected chi connectivity index (χ0v) is 8.78. The van der Waals surface area contributed by atoms with Crippen molar-refractivity contribution < 1.29 is 88.0 Å². The van der Waals surface area contributed by atoms with Crippen LogP contribution in [0.15, 0.2) is 0 Å². The average Bonchev–Trinajstić information content (AvgIpc) is 0.722. The van der Waals surface area contributed by atoms with Gasteiger partial charge in [0.05, 0.1) is 0 Å². The molecule has 7 heavy (non-hydrogen) atoms. The van der Waals surface area contributed by atoms with Crippen LogP contribution >= 0.6 is 7.82 Å². The molecule has 1 radical (unpaired) electrons. The second kappa shape index (κ2) is 6.40. The fourth-order valence-electron chi connectivity index (χ4n) is 0. The molecular weight excluding hydrogens is 186 g/mol. The molecule has 0 aromatic rings. The van der Waals surface area contributed by atoms with Crippen molar-refractivity contribution in [1.29, 1.82) is 0 Å². The van der Waals surface area contributed by atoms with Crippen LogP contribution in [-0.4, -0.2) is 0 Å². The fourth-order valence-corrected chi connectivity index (χ4v) is 0. The van der Waals surface area contributed by atoms with Gasteiger partial charge in [0.1, 0.15) is 0 Å². The maximum Gasteiger partial charge on any atom is 3.00 e. The van der Waals surface area contributed by atoms with Gasteiger partial charge in [-0.25, -0.2) is 0 Å². The Morgan fingerprint density at radius 2 is 1.14 bits per heavy atom. The van der Waals surface area contributed by atoms with E-state index in [1.165, 1.54) is 0 Å². The SMILES string of the molecule is O=P([O-])([O-])[O-].[Cr+3].[K+]. The predicted molar refractivity (Wildman–Crippen MR) is 7.61 cm³/mol. The van der Waals surface area contributed by atoms with E-state index >= 15 is 0 Å². The number of hydrogen-bond acceptors (Lipinski definition) is 4. The molecule has 0 N–H and O–H groups in total. The third-order valence-corrected chi connectivity index (χ3v) is 0. The molecular formula is CrKO4P+. The molecule has 0 heterocycles. The minimum Gasteiger partial charge on any atom is -0.822 e. The van der Waals surface area contributed by atoms with E-state index in [1.807, 2.05) is 0 Å². The molecule has 0 aromatic heterocycles. The van der Waals surface area contributed by atoms with Crippen molar-refractivity contribution in [1.82, 2.24) is 0 Å². The molecule has 0 bridgehead atoms. The van der Waals surface area contributed by atoms with Gasteiger partial charge in [-0.2, -0.15) is 7.82 Å². The molecule has 0 unspecified atom stereocenters. The zero-order valence-electron chi connectivity index (χ0n) is 3.49. The zero-order chi connectivity index (χ0) is 4.50. The minimum atomic E-state index is -5.39. The molecule has 0 amide bonds. The first-order chi connectivity index (χ1) is 2.00. The summed E-state index contributed by atoms with van der Waals surface area (Å²) in [7, 11) is -5.39. The van der Waals surface area contributed by atoms with Crippen LogP contribution in [0, 0.1) is 0 Å². The summed E-state index contributed by atoms with van der Waals surface area (Å²) < 4.78 is 8.55. The van der Waals surface area contributed by atoms with Crippen molar-refractivity contribution in [3.63, 3.8) is 0 Å².